The number of rotatable bonds is 11. The third-order valence-corrected chi connectivity index (χ3v) is 4.36. The van der Waals surface area contributed by atoms with E-state index in [1.54, 1.807) is 18.4 Å². The van der Waals surface area contributed by atoms with Crippen LogP contribution < -0.4 is 10.6 Å². The molecule has 0 aliphatic heterocycles. The van der Waals surface area contributed by atoms with Gasteiger partial charge in [-0.25, -0.2) is 0 Å². The van der Waals surface area contributed by atoms with Crippen LogP contribution in [0.15, 0.2) is 21.8 Å². The second kappa shape index (κ2) is 12.3. The molecule has 0 aliphatic carbocycles. The number of hydrogen-bond acceptors (Lipinski definition) is 4. The lowest BCUT2D eigenvalue weighted by Crippen LogP contribution is -2.41. The lowest BCUT2D eigenvalue weighted by molar-refractivity contribution is 0.180. The summed E-state index contributed by atoms with van der Waals surface area (Å²) in [6, 6.07) is 2.18. The average molecular weight is 341 g/mol. The quantitative estimate of drug-likeness (QED) is 0.369. The van der Waals surface area contributed by atoms with Gasteiger partial charge in [0.2, 0.25) is 0 Å². The van der Waals surface area contributed by atoms with Gasteiger partial charge in [0, 0.05) is 52.4 Å². The highest BCUT2D eigenvalue weighted by atomic mass is 32.1. The molecular weight excluding hydrogens is 308 g/mol. The van der Waals surface area contributed by atoms with Crippen LogP contribution in [0.25, 0.3) is 0 Å². The van der Waals surface area contributed by atoms with Crippen molar-refractivity contribution in [1.29, 1.82) is 0 Å². The van der Waals surface area contributed by atoms with Crippen LogP contribution in [0.4, 0.5) is 0 Å². The lowest BCUT2D eigenvalue weighted by Gasteiger charge is -2.18. The highest BCUT2D eigenvalue weighted by molar-refractivity contribution is 7.07. The molecule has 0 spiro atoms. The second-order valence-electron chi connectivity index (χ2n) is 5.75. The summed E-state index contributed by atoms with van der Waals surface area (Å²) < 4.78 is 5.08. The Morgan fingerprint density at radius 2 is 2.22 bits per heavy atom. The van der Waals surface area contributed by atoms with Crippen molar-refractivity contribution < 1.29 is 4.74 Å². The van der Waals surface area contributed by atoms with Gasteiger partial charge in [0.1, 0.15) is 0 Å². The molecule has 0 bridgehead atoms. The first-order chi connectivity index (χ1) is 11.2. The summed E-state index contributed by atoms with van der Waals surface area (Å²) in [5.41, 5.74) is 1.37. The van der Waals surface area contributed by atoms with Crippen LogP contribution >= 0.6 is 11.3 Å². The summed E-state index contributed by atoms with van der Waals surface area (Å²) >= 11 is 1.74. The molecule has 1 unspecified atom stereocenters. The van der Waals surface area contributed by atoms with Crippen molar-refractivity contribution in [2.45, 2.75) is 26.2 Å². The third kappa shape index (κ3) is 8.93. The number of hydrogen-bond donors (Lipinski definition) is 2. The minimum Gasteiger partial charge on any atom is -0.385 e. The van der Waals surface area contributed by atoms with Gasteiger partial charge in [0.15, 0.2) is 5.96 Å². The van der Waals surface area contributed by atoms with Crippen LogP contribution in [0.3, 0.4) is 0 Å². The summed E-state index contributed by atoms with van der Waals surface area (Å²) in [5.74, 6) is 1.35. The van der Waals surface area contributed by atoms with E-state index < -0.39 is 0 Å². The van der Waals surface area contributed by atoms with E-state index in [0.717, 1.165) is 51.7 Å². The molecule has 5 nitrogen and oxygen atoms in total. The van der Waals surface area contributed by atoms with E-state index in [-0.39, 0.29) is 0 Å². The van der Waals surface area contributed by atoms with Crippen LogP contribution in [-0.4, -0.2) is 64.3 Å². The van der Waals surface area contributed by atoms with E-state index in [2.05, 4.69) is 53.3 Å². The molecule has 0 amide bonds. The summed E-state index contributed by atoms with van der Waals surface area (Å²) in [7, 11) is 3.89. The minimum absolute atomic E-state index is 0.452. The number of methoxy groups -OCH3 is 1. The molecule has 0 saturated heterocycles. The van der Waals surface area contributed by atoms with Crippen molar-refractivity contribution in [3.8, 4) is 0 Å². The van der Waals surface area contributed by atoms with Crippen LogP contribution in [-0.2, 0) is 4.74 Å². The van der Waals surface area contributed by atoms with Gasteiger partial charge < -0.3 is 20.3 Å². The zero-order chi connectivity index (χ0) is 16.9. The van der Waals surface area contributed by atoms with Crippen molar-refractivity contribution in [2.75, 3.05) is 53.5 Å². The van der Waals surface area contributed by atoms with E-state index in [1.165, 1.54) is 5.56 Å². The molecule has 1 aromatic heterocycles. The first kappa shape index (κ1) is 19.9. The van der Waals surface area contributed by atoms with Crippen molar-refractivity contribution >= 4 is 17.3 Å². The maximum atomic E-state index is 5.08. The summed E-state index contributed by atoms with van der Waals surface area (Å²) in [5, 5.41) is 11.1. The Morgan fingerprint density at radius 1 is 1.39 bits per heavy atom. The summed E-state index contributed by atoms with van der Waals surface area (Å²) in [6.07, 6.45) is 1.07. The maximum Gasteiger partial charge on any atom is 0.191 e. The lowest BCUT2D eigenvalue weighted by atomic mass is 10.1. The van der Waals surface area contributed by atoms with Crippen molar-refractivity contribution in [3.05, 3.63) is 22.4 Å². The molecule has 1 aromatic rings. The zero-order valence-electron chi connectivity index (χ0n) is 15.0. The van der Waals surface area contributed by atoms with Gasteiger partial charge in [-0.3, -0.25) is 4.99 Å². The Hall–Kier alpha value is -1.11. The number of thiophene rings is 1. The Balaban J connectivity index is 2.31. The molecule has 0 saturated carbocycles. The van der Waals surface area contributed by atoms with Crippen molar-refractivity contribution in [3.63, 3.8) is 0 Å². The highest BCUT2D eigenvalue weighted by Gasteiger charge is 2.06. The maximum absolute atomic E-state index is 5.08. The normalized spacial score (nSPS) is 13.3. The first-order valence-corrected chi connectivity index (χ1v) is 9.33. The van der Waals surface area contributed by atoms with Gasteiger partial charge in [0.05, 0.1) is 0 Å². The molecular formula is C17H32N4OS. The molecule has 0 aliphatic rings. The van der Waals surface area contributed by atoms with Crippen LogP contribution in [0, 0.1) is 0 Å². The number of aliphatic imine (C=N–C) groups is 1. The molecule has 0 aromatic carbocycles. The van der Waals surface area contributed by atoms with E-state index >= 15 is 0 Å². The summed E-state index contributed by atoms with van der Waals surface area (Å²) in [6.45, 7) is 9.75. The fraction of sp³-hybridized carbons (Fsp3) is 0.706. The molecule has 2 N–H and O–H groups in total. The van der Waals surface area contributed by atoms with Gasteiger partial charge in [-0.05, 0) is 42.8 Å². The zero-order valence-corrected chi connectivity index (χ0v) is 15.8. The fourth-order valence-corrected chi connectivity index (χ4v) is 2.97. The van der Waals surface area contributed by atoms with E-state index in [1.807, 2.05) is 0 Å². The first-order valence-electron chi connectivity index (χ1n) is 8.39. The van der Waals surface area contributed by atoms with Gasteiger partial charge in [-0.15, -0.1) is 0 Å². The molecule has 23 heavy (non-hydrogen) atoms. The average Bonchev–Trinajstić information content (AvgIpc) is 3.07. The predicted molar refractivity (Wildman–Crippen MR) is 101 cm³/mol. The monoisotopic (exact) mass is 340 g/mol. The molecule has 132 valence electrons. The molecule has 0 fully saturated rings. The van der Waals surface area contributed by atoms with E-state index in [9.17, 15) is 0 Å². The smallest absolute Gasteiger partial charge is 0.191 e. The number of ether oxygens (including phenoxy) is 1. The minimum atomic E-state index is 0.452. The van der Waals surface area contributed by atoms with Gasteiger partial charge in [0.25, 0.3) is 0 Å². The third-order valence-electron chi connectivity index (χ3n) is 3.65. The van der Waals surface area contributed by atoms with E-state index in [4.69, 9.17) is 9.73 Å². The Morgan fingerprint density at radius 3 is 2.87 bits per heavy atom. The van der Waals surface area contributed by atoms with Crippen LogP contribution in [0.1, 0.15) is 31.7 Å². The SMILES string of the molecule is CCNC(=NCC(C)c1ccsc1)NCCN(C)CCCOC. The molecule has 1 atom stereocenters. The number of guanidine groups is 1. The second-order valence-corrected chi connectivity index (χ2v) is 6.53. The largest absolute Gasteiger partial charge is 0.385 e. The highest BCUT2D eigenvalue weighted by Crippen LogP contribution is 2.18. The van der Waals surface area contributed by atoms with Crippen molar-refractivity contribution in [1.82, 2.24) is 15.5 Å². The molecule has 0 radical (unpaired) electrons. The topological polar surface area (TPSA) is 48.9 Å². The van der Waals surface area contributed by atoms with Crippen LogP contribution in [0.5, 0.6) is 0 Å². The van der Waals surface area contributed by atoms with Crippen molar-refractivity contribution in [2.24, 2.45) is 4.99 Å². The van der Waals surface area contributed by atoms with Gasteiger partial charge in [-0.2, -0.15) is 11.3 Å². The number of likely N-dealkylation sites (N-methyl/N-ethyl adjacent to an activating group) is 1. The Kier molecular flexibility index (Phi) is 10.7. The van der Waals surface area contributed by atoms with E-state index in [0.29, 0.717) is 5.92 Å². The van der Waals surface area contributed by atoms with Crippen LogP contribution in [0.2, 0.25) is 0 Å². The van der Waals surface area contributed by atoms with Gasteiger partial charge in [-0.1, -0.05) is 6.92 Å². The molecule has 1 heterocycles. The summed E-state index contributed by atoms with van der Waals surface area (Å²) in [4.78, 5) is 7.01. The number of nitrogens with zero attached hydrogens (tertiary/aromatic N) is 2. The fourth-order valence-electron chi connectivity index (χ4n) is 2.19. The molecule has 1 rings (SSSR count). The Bertz CT molecular complexity index is 422. The predicted octanol–water partition coefficient (Wildman–Crippen LogP) is 2.38. The Labute approximate surface area is 145 Å². The number of nitrogens with one attached hydrogen (secondary N) is 2. The molecule has 6 heteroatoms. The standard InChI is InChI=1S/C17H32N4OS/c1-5-18-17(19-8-10-21(3)9-6-11-22-4)20-13-15(2)16-7-12-23-14-16/h7,12,14-15H,5-6,8-11,13H2,1-4H3,(H2,18,19,20). The van der Waals surface area contributed by atoms with Gasteiger partial charge >= 0.3 is 0 Å².